The van der Waals surface area contributed by atoms with Crippen LogP contribution in [0.25, 0.3) is 10.9 Å². The molecule has 0 fully saturated rings. The fraction of sp³-hybridized carbons (Fsp3) is 0.100. The zero-order valence-corrected chi connectivity index (χ0v) is 7.19. The van der Waals surface area contributed by atoms with Gasteiger partial charge in [-0.15, -0.1) is 0 Å². The Kier molecular flexibility index (Phi) is 1.77. The number of ketones is 1. The van der Waals surface area contributed by atoms with E-state index in [9.17, 15) is 4.79 Å². The van der Waals surface area contributed by atoms with Gasteiger partial charge in [0.05, 0.1) is 11.7 Å². The van der Waals surface area contributed by atoms with Crippen molar-refractivity contribution in [2.24, 2.45) is 0 Å². The molecule has 0 spiro atoms. The van der Waals surface area contributed by atoms with E-state index in [1.165, 1.54) is 6.92 Å². The minimum Gasteiger partial charge on any atom is -0.294 e. The van der Waals surface area contributed by atoms with Gasteiger partial charge in [-0.25, -0.2) is 0 Å². The summed E-state index contributed by atoms with van der Waals surface area (Å²) in [5.74, 6) is 0.0335. The Bertz CT molecular complexity index is 465. The molecule has 0 aliphatic carbocycles. The molecule has 0 aliphatic rings. The molecule has 3 heteroatoms. The highest BCUT2D eigenvalue weighted by Crippen LogP contribution is 2.11. The topological polar surface area (TPSA) is 42.9 Å². The van der Waals surface area contributed by atoms with Gasteiger partial charge in [0.2, 0.25) is 0 Å². The van der Waals surface area contributed by atoms with Crippen molar-refractivity contribution in [3.8, 4) is 0 Å². The monoisotopic (exact) mass is 172 g/mol. The van der Waals surface area contributed by atoms with Gasteiger partial charge in [-0.1, -0.05) is 0 Å². The van der Waals surface area contributed by atoms with E-state index in [1.54, 1.807) is 18.6 Å². The van der Waals surface area contributed by atoms with E-state index in [0.717, 1.165) is 10.9 Å². The number of rotatable bonds is 1. The predicted molar refractivity (Wildman–Crippen MR) is 49.5 cm³/mol. The molecule has 0 aromatic carbocycles. The molecule has 0 saturated carbocycles. The molecule has 2 aromatic rings. The number of hydrogen-bond donors (Lipinski definition) is 0. The van der Waals surface area contributed by atoms with Gasteiger partial charge in [0, 0.05) is 23.3 Å². The van der Waals surface area contributed by atoms with Crippen molar-refractivity contribution in [1.29, 1.82) is 0 Å². The van der Waals surface area contributed by atoms with E-state index in [4.69, 9.17) is 0 Å². The first kappa shape index (κ1) is 7.86. The number of aromatic nitrogens is 2. The standard InChI is InChI=1S/C10H8N2O/c1-7(13)9-4-8-2-3-11-6-10(8)12-5-9/h2-6H,1H3. The van der Waals surface area contributed by atoms with Crippen LogP contribution in [0.3, 0.4) is 0 Å². The lowest BCUT2D eigenvalue weighted by Gasteiger charge is -1.97. The van der Waals surface area contributed by atoms with Gasteiger partial charge < -0.3 is 0 Å². The number of pyridine rings is 2. The number of Topliss-reactive ketones (excluding diaryl/α,β-unsaturated/α-hetero) is 1. The van der Waals surface area contributed by atoms with Crippen LogP contribution in [-0.4, -0.2) is 15.8 Å². The van der Waals surface area contributed by atoms with Crippen molar-refractivity contribution in [1.82, 2.24) is 9.97 Å². The van der Waals surface area contributed by atoms with E-state index < -0.39 is 0 Å². The zero-order valence-electron chi connectivity index (χ0n) is 7.19. The normalized spacial score (nSPS) is 10.2. The molecular formula is C10H8N2O. The number of fused-ring (bicyclic) bond motifs is 1. The maximum Gasteiger partial charge on any atom is 0.161 e. The molecule has 2 aromatic heterocycles. The van der Waals surface area contributed by atoms with Gasteiger partial charge in [-0.2, -0.15) is 0 Å². The molecule has 0 atom stereocenters. The van der Waals surface area contributed by atoms with Crippen molar-refractivity contribution in [2.45, 2.75) is 6.92 Å². The largest absolute Gasteiger partial charge is 0.294 e. The molecule has 2 rings (SSSR count). The SMILES string of the molecule is CC(=O)c1cnc2cnccc2c1. The molecule has 2 heterocycles. The molecule has 3 nitrogen and oxygen atoms in total. The van der Waals surface area contributed by atoms with Gasteiger partial charge in [-0.05, 0) is 19.1 Å². The maximum absolute atomic E-state index is 11.0. The second-order valence-electron chi connectivity index (χ2n) is 2.85. The van der Waals surface area contributed by atoms with Gasteiger partial charge >= 0.3 is 0 Å². The van der Waals surface area contributed by atoms with Crippen LogP contribution >= 0.6 is 0 Å². The first-order valence-electron chi connectivity index (χ1n) is 3.98. The molecule has 0 radical (unpaired) electrons. The number of nitrogens with zero attached hydrogens (tertiary/aromatic N) is 2. The van der Waals surface area contributed by atoms with Gasteiger partial charge in [0.25, 0.3) is 0 Å². The number of carbonyl (C=O) groups is 1. The fourth-order valence-electron chi connectivity index (χ4n) is 1.16. The summed E-state index contributed by atoms with van der Waals surface area (Å²) in [7, 11) is 0. The van der Waals surface area contributed by atoms with Crippen LogP contribution in [0.4, 0.5) is 0 Å². The van der Waals surface area contributed by atoms with E-state index in [0.29, 0.717) is 5.56 Å². The molecule has 64 valence electrons. The van der Waals surface area contributed by atoms with E-state index in [-0.39, 0.29) is 5.78 Å². The summed E-state index contributed by atoms with van der Waals surface area (Å²) in [5, 5.41) is 0.947. The second-order valence-corrected chi connectivity index (χ2v) is 2.85. The highest BCUT2D eigenvalue weighted by Gasteiger charge is 2.00. The highest BCUT2D eigenvalue weighted by atomic mass is 16.1. The Morgan fingerprint density at radius 2 is 2.23 bits per heavy atom. The summed E-state index contributed by atoms with van der Waals surface area (Å²) in [5.41, 5.74) is 1.45. The third-order valence-electron chi connectivity index (χ3n) is 1.89. The summed E-state index contributed by atoms with van der Waals surface area (Å²) < 4.78 is 0. The quantitative estimate of drug-likeness (QED) is 0.616. The van der Waals surface area contributed by atoms with Crippen LogP contribution in [0.5, 0.6) is 0 Å². The Morgan fingerprint density at radius 1 is 1.38 bits per heavy atom. The van der Waals surface area contributed by atoms with E-state index in [2.05, 4.69) is 9.97 Å². The van der Waals surface area contributed by atoms with Crippen molar-refractivity contribution >= 4 is 16.7 Å². The lowest BCUT2D eigenvalue weighted by atomic mass is 10.1. The third kappa shape index (κ3) is 1.40. The minimum atomic E-state index is 0.0335. The molecular weight excluding hydrogens is 164 g/mol. The van der Waals surface area contributed by atoms with Gasteiger partial charge in [-0.3, -0.25) is 14.8 Å². The van der Waals surface area contributed by atoms with Crippen LogP contribution in [0.1, 0.15) is 17.3 Å². The van der Waals surface area contributed by atoms with Crippen molar-refractivity contribution in [2.75, 3.05) is 0 Å². The summed E-state index contributed by atoms with van der Waals surface area (Å²) in [6, 6.07) is 3.67. The average molecular weight is 172 g/mol. The van der Waals surface area contributed by atoms with Crippen LogP contribution in [0, 0.1) is 0 Å². The van der Waals surface area contributed by atoms with Crippen molar-refractivity contribution in [3.05, 3.63) is 36.3 Å². The lowest BCUT2D eigenvalue weighted by Crippen LogP contribution is -1.93. The van der Waals surface area contributed by atoms with Crippen LogP contribution in [-0.2, 0) is 0 Å². The van der Waals surface area contributed by atoms with Gasteiger partial charge in [0.1, 0.15) is 0 Å². The van der Waals surface area contributed by atoms with E-state index in [1.807, 2.05) is 12.1 Å². The maximum atomic E-state index is 11.0. The number of carbonyl (C=O) groups excluding carboxylic acids is 1. The van der Waals surface area contributed by atoms with Crippen LogP contribution in [0.2, 0.25) is 0 Å². The smallest absolute Gasteiger partial charge is 0.161 e. The highest BCUT2D eigenvalue weighted by molar-refractivity contribution is 5.96. The Morgan fingerprint density at radius 3 is 3.00 bits per heavy atom. The van der Waals surface area contributed by atoms with Gasteiger partial charge in [0.15, 0.2) is 5.78 Å². The van der Waals surface area contributed by atoms with E-state index >= 15 is 0 Å². The fourth-order valence-corrected chi connectivity index (χ4v) is 1.16. The Hall–Kier alpha value is -1.77. The molecule has 0 N–H and O–H groups in total. The molecule has 0 unspecified atom stereocenters. The molecule has 0 bridgehead atoms. The molecule has 0 amide bonds. The Balaban J connectivity index is 2.69. The molecule has 0 saturated heterocycles. The second kappa shape index (κ2) is 2.94. The summed E-state index contributed by atoms with van der Waals surface area (Å²) in [4.78, 5) is 19.1. The average Bonchev–Trinajstić information content (AvgIpc) is 2.17. The Labute approximate surface area is 75.4 Å². The van der Waals surface area contributed by atoms with Crippen molar-refractivity contribution in [3.63, 3.8) is 0 Å². The lowest BCUT2D eigenvalue weighted by molar-refractivity contribution is 0.101. The van der Waals surface area contributed by atoms with Crippen molar-refractivity contribution < 1.29 is 4.79 Å². The summed E-state index contributed by atoms with van der Waals surface area (Å²) >= 11 is 0. The number of hydrogen-bond acceptors (Lipinski definition) is 3. The zero-order chi connectivity index (χ0) is 9.26. The third-order valence-corrected chi connectivity index (χ3v) is 1.89. The van der Waals surface area contributed by atoms with Crippen LogP contribution < -0.4 is 0 Å². The molecule has 0 aliphatic heterocycles. The summed E-state index contributed by atoms with van der Waals surface area (Å²) in [6.45, 7) is 1.53. The predicted octanol–water partition coefficient (Wildman–Crippen LogP) is 1.83. The molecule has 13 heavy (non-hydrogen) atoms. The minimum absolute atomic E-state index is 0.0335. The first-order valence-corrected chi connectivity index (χ1v) is 3.98. The van der Waals surface area contributed by atoms with Crippen LogP contribution in [0.15, 0.2) is 30.7 Å². The summed E-state index contributed by atoms with van der Waals surface area (Å²) in [6.07, 6.45) is 4.94. The first-order chi connectivity index (χ1) is 6.27.